The van der Waals surface area contributed by atoms with Crippen molar-refractivity contribution in [2.45, 2.75) is 53.2 Å². The first-order valence-corrected chi connectivity index (χ1v) is 15.6. The van der Waals surface area contributed by atoms with Gasteiger partial charge in [0.2, 0.25) is 5.71 Å². The first kappa shape index (κ1) is 22.3. The van der Waals surface area contributed by atoms with Crippen molar-refractivity contribution in [3.63, 3.8) is 0 Å². The average molecular weight is 607 g/mol. The average Bonchev–Trinajstić information content (AvgIpc) is 3.68. The van der Waals surface area contributed by atoms with Crippen LogP contribution in [0, 0.1) is 13.7 Å². The topological polar surface area (TPSA) is 56.7 Å². The van der Waals surface area contributed by atoms with Crippen LogP contribution in [-0.2, 0) is 0 Å². The molecule has 0 saturated carbocycles. The lowest BCUT2D eigenvalue weighted by Crippen LogP contribution is -2.09. The highest BCUT2D eigenvalue weighted by atomic mass is 16.3. The number of hydrogen-bond donors (Lipinski definition) is 0. The Morgan fingerprint density at radius 1 is 0.696 bits per heavy atom. The molecule has 5 nitrogen and oxygen atoms in total. The Hall–Kier alpha value is -5.29. The molecular weight excluding hydrogens is 564 g/mol. The van der Waals surface area contributed by atoms with E-state index < -0.39 is 13.7 Å². The van der Waals surface area contributed by atoms with E-state index in [0.717, 1.165) is 27.8 Å². The molecule has 0 radical (unpaired) electrons. The quantitative estimate of drug-likeness (QED) is 0.196. The van der Waals surface area contributed by atoms with Crippen molar-refractivity contribution >= 4 is 44.0 Å². The number of fused-ring (bicyclic) bond motifs is 6. The highest BCUT2D eigenvalue weighted by Gasteiger charge is 2.26. The lowest BCUT2D eigenvalue weighted by Gasteiger charge is -2.24. The van der Waals surface area contributed by atoms with Crippen LogP contribution in [0.2, 0.25) is 0 Å². The number of pyridine rings is 2. The molecule has 0 atom stereocenters. The molecule has 0 saturated heterocycles. The minimum absolute atomic E-state index is 0.0168. The van der Waals surface area contributed by atoms with Gasteiger partial charge in [-0.3, -0.25) is 9.55 Å². The number of aromatic nitrogens is 4. The molecule has 0 bridgehead atoms. The molecule has 4 aromatic carbocycles. The fraction of sp³-hybridized carbons (Fsp3) is 0.195. The van der Waals surface area contributed by atoms with Crippen LogP contribution in [0.15, 0.2) is 101 Å². The van der Waals surface area contributed by atoms with Gasteiger partial charge in [-0.1, -0.05) is 88.4 Å². The maximum absolute atomic E-state index is 8.27. The normalized spacial score (nSPS) is 14.6. The van der Waals surface area contributed by atoms with Gasteiger partial charge in [-0.15, -0.1) is 0 Å². The largest absolute Gasteiger partial charge is 0.437 e. The number of furan rings is 1. The molecular formula is C41H36N4O. The molecule has 0 aliphatic rings. The second kappa shape index (κ2) is 10.7. The molecule has 4 aromatic heterocycles. The Bertz CT molecular complexity index is 2640. The van der Waals surface area contributed by atoms with Gasteiger partial charge in [0.05, 0.1) is 38.9 Å². The SMILES string of the molecule is [2H]C([2H])([2H])c1ccc2c(n1)c(C([2H])([2H])[2H])nc1oc3c(-c4nc5ccccc5n4-c4c(C(C)C)cc(-c5ccccc5)cc4C(C)C)cccc3c12. The number of rotatable bonds is 5. The smallest absolute Gasteiger partial charge is 0.228 e. The summed E-state index contributed by atoms with van der Waals surface area (Å²) in [5.41, 5.74) is 8.32. The first-order valence-electron chi connectivity index (χ1n) is 18.6. The van der Waals surface area contributed by atoms with Crippen molar-refractivity contribution in [3.8, 4) is 28.2 Å². The maximum Gasteiger partial charge on any atom is 0.228 e. The molecule has 5 heteroatoms. The van der Waals surface area contributed by atoms with E-state index in [0.29, 0.717) is 33.1 Å². The third-order valence-electron chi connectivity index (χ3n) is 8.84. The number of hydrogen-bond acceptors (Lipinski definition) is 4. The molecule has 0 N–H and O–H groups in total. The minimum atomic E-state index is -2.67. The minimum Gasteiger partial charge on any atom is -0.437 e. The summed E-state index contributed by atoms with van der Waals surface area (Å²) >= 11 is 0. The van der Waals surface area contributed by atoms with Gasteiger partial charge < -0.3 is 4.42 Å². The molecule has 226 valence electrons. The van der Waals surface area contributed by atoms with Crippen molar-refractivity contribution in [3.05, 3.63) is 120 Å². The molecule has 0 spiro atoms. The molecule has 0 aliphatic carbocycles. The summed E-state index contributed by atoms with van der Waals surface area (Å²) < 4.78 is 57.3. The van der Waals surface area contributed by atoms with Gasteiger partial charge in [0.25, 0.3) is 0 Å². The number of aryl methyl sites for hydroxylation is 2. The predicted octanol–water partition coefficient (Wildman–Crippen LogP) is 11.1. The van der Waals surface area contributed by atoms with Crippen molar-refractivity contribution in [1.29, 1.82) is 0 Å². The third kappa shape index (κ3) is 4.33. The van der Waals surface area contributed by atoms with E-state index in [2.05, 4.69) is 84.7 Å². The number of imidazole rings is 1. The third-order valence-corrected chi connectivity index (χ3v) is 8.84. The molecule has 46 heavy (non-hydrogen) atoms. The van der Waals surface area contributed by atoms with Crippen molar-refractivity contribution < 1.29 is 12.6 Å². The maximum atomic E-state index is 8.27. The van der Waals surface area contributed by atoms with Crippen LogP contribution in [0.25, 0.3) is 72.2 Å². The van der Waals surface area contributed by atoms with Crippen LogP contribution in [0.1, 0.15) is 70.3 Å². The first-order chi connectivity index (χ1) is 24.7. The number of para-hydroxylation sites is 3. The van der Waals surface area contributed by atoms with Gasteiger partial charge in [-0.2, -0.15) is 0 Å². The van der Waals surface area contributed by atoms with Crippen LogP contribution in [0.4, 0.5) is 0 Å². The Morgan fingerprint density at radius 3 is 2.20 bits per heavy atom. The Balaban J connectivity index is 1.47. The Kier molecular flexibility index (Phi) is 5.16. The van der Waals surface area contributed by atoms with E-state index in [1.807, 2.05) is 42.5 Å². The fourth-order valence-electron chi connectivity index (χ4n) is 6.67. The summed E-state index contributed by atoms with van der Waals surface area (Å²) in [7, 11) is 0. The Morgan fingerprint density at radius 2 is 1.46 bits per heavy atom. The summed E-state index contributed by atoms with van der Waals surface area (Å²) in [5.74, 6) is 1.02. The zero-order chi connectivity index (χ0) is 36.7. The summed E-state index contributed by atoms with van der Waals surface area (Å²) in [6.45, 7) is 3.64. The van der Waals surface area contributed by atoms with E-state index in [-0.39, 0.29) is 34.5 Å². The fourth-order valence-corrected chi connectivity index (χ4v) is 6.67. The number of nitrogens with zero attached hydrogens (tertiary/aromatic N) is 4. The van der Waals surface area contributed by atoms with Crippen LogP contribution in [0.3, 0.4) is 0 Å². The predicted molar refractivity (Wildman–Crippen MR) is 190 cm³/mol. The van der Waals surface area contributed by atoms with Gasteiger partial charge in [0.15, 0.2) is 0 Å². The van der Waals surface area contributed by atoms with E-state index >= 15 is 0 Å². The monoisotopic (exact) mass is 606 g/mol. The zero-order valence-electron chi connectivity index (χ0n) is 32.1. The molecule has 0 aliphatic heterocycles. The molecule has 0 fully saturated rings. The van der Waals surface area contributed by atoms with Crippen LogP contribution < -0.4 is 0 Å². The van der Waals surface area contributed by atoms with Crippen LogP contribution >= 0.6 is 0 Å². The van der Waals surface area contributed by atoms with Crippen LogP contribution in [-0.4, -0.2) is 19.5 Å². The molecule has 4 heterocycles. The standard InChI is InChI=1S/C41H36N4O/c1-23(2)32-21-28(27-13-8-7-9-14-27)22-33(24(3)4)38(32)45-35-18-11-10-17-34(35)44-40(45)31-16-12-15-30-36-29-20-19-25(5)42-37(29)26(6)43-41(36)46-39(30)31/h7-24H,1-6H3/i5D3,6D3. The van der Waals surface area contributed by atoms with Crippen LogP contribution in [0.5, 0.6) is 0 Å². The molecule has 8 aromatic rings. The lowest BCUT2D eigenvalue weighted by atomic mass is 9.88. The highest BCUT2D eigenvalue weighted by Crippen LogP contribution is 2.43. The van der Waals surface area contributed by atoms with E-state index in [1.165, 1.54) is 17.2 Å². The zero-order valence-corrected chi connectivity index (χ0v) is 26.1. The highest BCUT2D eigenvalue weighted by molar-refractivity contribution is 6.19. The van der Waals surface area contributed by atoms with Gasteiger partial charge in [-0.25, -0.2) is 9.97 Å². The summed E-state index contributed by atoms with van der Waals surface area (Å²) in [6.07, 6.45) is 0. The second-order valence-corrected chi connectivity index (χ2v) is 12.5. The van der Waals surface area contributed by atoms with Crippen molar-refractivity contribution in [2.75, 3.05) is 0 Å². The summed E-state index contributed by atoms with van der Waals surface area (Å²) in [6, 6.07) is 31.9. The summed E-state index contributed by atoms with van der Waals surface area (Å²) in [4.78, 5) is 14.1. The van der Waals surface area contributed by atoms with E-state index in [1.54, 1.807) is 6.07 Å². The second-order valence-electron chi connectivity index (χ2n) is 12.5. The molecule has 8 rings (SSSR count). The van der Waals surface area contributed by atoms with E-state index in [4.69, 9.17) is 17.6 Å². The Labute approximate surface area is 277 Å². The number of benzene rings is 4. The van der Waals surface area contributed by atoms with E-state index in [9.17, 15) is 0 Å². The van der Waals surface area contributed by atoms with Crippen molar-refractivity contribution in [1.82, 2.24) is 19.5 Å². The lowest BCUT2D eigenvalue weighted by molar-refractivity contribution is 0.653. The molecule has 0 unspecified atom stereocenters. The van der Waals surface area contributed by atoms with Gasteiger partial charge in [0.1, 0.15) is 11.4 Å². The van der Waals surface area contributed by atoms with Crippen molar-refractivity contribution in [2.24, 2.45) is 0 Å². The van der Waals surface area contributed by atoms with Gasteiger partial charge in [-0.05, 0) is 84.2 Å². The van der Waals surface area contributed by atoms with Gasteiger partial charge in [0, 0.05) is 24.7 Å². The summed E-state index contributed by atoms with van der Waals surface area (Å²) in [5, 5.41) is 1.70. The van der Waals surface area contributed by atoms with Gasteiger partial charge >= 0.3 is 0 Å². The molecule has 0 amide bonds.